The zero-order valence-electron chi connectivity index (χ0n) is 14.3. The molecule has 2 aliphatic rings. The van der Waals surface area contributed by atoms with Gasteiger partial charge in [0.15, 0.2) is 0 Å². The van der Waals surface area contributed by atoms with Crippen molar-refractivity contribution in [2.24, 2.45) is 0 Å². The largest absolute Gasteiger partial charge is 0.343 e. The van der Waals surface area contributed by atoms with E-state index in [4.69, 9.17) is 0 Å². The molecule has 1 N–H and O–H groups in total. The number of piperazine rings is 2. The molecule has 0 saturated carbocycles. The Labute approximate surface area is 140 Å². The molecule has 1 aromatic rings. The Kier molecular flexibility index (Phi) is 4.40. The summed E-state index contributed by atoms with van der Waals surface area (Å²) in [5, 5.41) is 0. The smallest absolute Gasteiger partial charge is 0.263 e. The number of hydrogen-bond donors (Lipinski definition) is 1. The van der Waals surface area contributed by atoms with Gasteiger partial charge in [0.25, 0.3) is 11.5 Å². The van der Waals surface area contributed by atoms with Crippen LogP contribution in [0.1, 0.15) is 35.9 Å². The molecule has 8 nitrogen and oxygen atoms in total. The molecule has 24 heavy (non-hydrogen) atoms. The summed E-state index contributed by atoms with van der Waals surface area (Å²) in [6, 6.07) is -0.316. The standard InChI is InChI=1S/C16H23N5O3/c1-10(2)13-17-8-11(14(22)18-13)15(23)21-7-6-20-5-4-19(3)16(24)12(20)9-21/h8,10,12H,4-7,9H2,1-3H3,(H,17,18,22)/t12-/m1/s1. The van der Waals surface area contributed by atoms with Gasteiger partial charge < -0.3 is 14.8 Å². The Bertz CT molecular complexity index is 714. The Morgan fingerprint density at radius 2 is 1.96 bits per heavy atom. The van der Waals surface area contributed by atoms with Gasteiger partial charge in [-0.15, -0.1) is 0 Å². The first-order chi connectivity index (χ1) is 11.4. The minimum Gasteiger partial charge on any atom is -0.343 e. The second-order valence-corrected chi connectivity index (χ2v) is 6.73. The summed E-state index contributed by atoms with van der Waals surface area (Å²) < 4.78 is 0. The summed E-state index contributed by atoms with van der Waals surface area (Å²) in [6.07, 6.45) is 1.34. The van der Waals surface area contributed by atoms with Crippen LogP contribution >= 0.6 is 0 Å². The number of carbonyl (C=O) groups excluding carboxylic acids is 2. The van der Waals surface area contributed by atoms with Gasteiger partial charge in [-0.25, -0.2) is 4.98 Å². The molecule has 3 rings (SSSR count). The third-order valence-corrected chi connectivity index (χ3v) is 4.76. The summed E-state index contributed by atoms with van der Waals surface area (Å²) in [4.78, 5) is 49.4. The third kappa shape index (κ3) is 2.93. The van der Waals surface area contributed by atoms with E-state index in [2.05, 4.69) is 14.9 Å². The number of nitrogens with one attached hydrogen (secondary N) is 1. The molecule has 2 amide bonds. The maximum atomic E-state index is 12.7. The molecule has 0 aromatic carbocycles. The minimum absolute atomic E-state index is 0.0286. The highest BCUT2D eigenvalue weighted by molar-refractivity contribution is 5.94. The van der Waals surface area contributed by atoms with Gasteiger partial charge in [-0.05, 0) is 0 Å². The van der Waals surface area contributed by atoms with Crippen molar-refractivity contribution in [2.75, 3.05) is 39.8 Å². The molecule has 1 atom stereocenters. The molecule has 8 heteroatoms. The number of aromatic nitrogens is 2. The quantitative estimate of drug-likeness (QED) is 0.787. The molecule has 0 spiro atoms. The Hall–Kier alpha value is -2.22. The van der Waals surface area contributed by atoms with Crippen molar-refractivity contribution >= 4 is 11.8 Å². The lowest BCUT2D eigenvalue weighted by Crippen LogP contribution is -2.64. The van der Waals surface area contributed by atoms with Crippen LogP contribution in [0.15, 0.2) is 11.0 Å². The molecule has 3 heterocycles. The number of likely N-dealkylation sites (N-methyl/N-ethyl adjacent to an activating group) is 1. The molecule has 2 saturated heterocycles. The van der Waals surface area contributed by atoms with Gasteiger partial charge in [0.1, 0.15) is 17.4 Å². The van der Waals surface area contributed by atoms with Gasteiger partial charge in [-0.2, -0.15) is 0 Å². The lowest BCUT2D eigenvalue weighted by Gasteiger charge is -2.45. The molecular formula is C16H23N5O3. The molecule has 130 valence electrons. The average Bonchev–Trinajstić information content (AvgIpc) is 2.57. The van der Waals surface area contributed by atoms with Crippen molar-refractivity contribution in [1.29, 1.82) is 0 Å². The normalized spacial score (nSPS) is 22.0. The Balaban J connectivity index is 1.79. The van der Waals surface area contributed by atoms with E-state index in [0.717, 1.165) is 6.54 Å². The van der Waals surface area contributed by atoms with Crippen molar-refractivity contribution in [3.63, 3.8) is 0 Å². The summed E-state index contributed by atoms with van der Waals surface area (Å²) in [7, 11) is 1.78. The Morgan fingerprint density at radius 3 is 2.62 bits per heavy atom. The first kappa shape index (κ1) is 16.6. The highest BCUT2D eigenvalue weighted by Crippen LogP contribution is 2.17. The summed E-state index contributed by atoms with van der Waals surface area (Å²) >= 11 is 0. The zero-order chi connectivity index (χ0) is 17.4. The van der Waals surface area contributed by atoms with Gasteiger partial charge in [-0.1, -0.05) is 13.8 Å². The van der Waals surface area contributed by atoms with E-state index in [1.54, 1.807) is 16.8 Å². The molecular weight excluding hydrogens is 310 g/mol. The summed E-state index contributed by atoms with van der Waals surface area (Å²) in [6.45, 7) is 6.84. The lowest BCUT2D eigenvalue weighted by atomic mass is 10.1. The first-order valence-corrected chi connectivity index (χ1v) is 8.26. The molecule has 0 radical (unpaired) electrons. The van der Waals surface area contributed by atoms with E-state index < -0.39 is 5.56 Å². The number of nitrogens with zero attached hydrogens (tertiary/aromatic N) is 4. The van der Waals surface area contributed by atoms with Gasteiger partial charge in [0.2, 0.25) is 5.91 Å². The van der Waals surface area contributed by atoms with Crippen LogP contribution in [0.25, 0.3) is 0 Å². The molecule has 0 aliphatic carbocycles. The number of carbonyl (C=O) groups is 2. The van der Waals surface area contributed by atoms with Gasteiger partial charge in [0, 0.05) is 51.9 Å². The van der Waals surface area contributed by atoms with Gasteiger partial charge in [0.05, 0.1) is 0 Å². The highest BCUT2D eigenvalue weighted by atomic mass is 16.2. The molecule has 2 fully saturated rings. The average molecular weight is 333 g/mol. The predicted octanol–water partition coefficient (Wildman–Crippen LogP) is -0.508. The first-order valence-electron chi connectivity index (χ1n) is 8.26. The van der Waals surface area contributed by atoms with E-state index >= 15 is 0 Å². The highest BCUT2D eigenvalue weighted by Gasteiger charge is 2.39. The van der Waals surface area contributed by atoms with Crippen LogP contribution in [-0.4, -0.2) is 82.3 Å². The number of hydrogen-bond acceptors (Lipinski definition) is 5. The van der Waals surface area contributed by atoms with Crippen LogP contribution in [0.5, 0.6) is 0 Å². The number of rotatable bonds is 2. The lowest BCUT2D eigenvalue weighted by molar-refractivity contribution is -0.142. The summed E-state index contributed by atoms with van der Waals surface area (Å²) in [5.74, 6) is 0.312. The Morgan fingerprint density at radius 1 is 1.25 bits per heavy atom. The maximum Gasteiger partial charge on any atom is 0.263 e. The topological polar surface area (TPSA) is 89.6 Å². The molecule has 0 unspecified atom stereocenters. The predicted molar refractivity (Wildman–Crippen MR) is 87.8 cm³/mol. The number of amides is 2. The number of aromatic amines is 1. The van der Waals surface area contributed by atoms with Crippen LogP contribution in [0, 0.1) is 0 Å². The molecule has 2 aliphatic heterocycles. The second-order valence-electron chi connectivity index (χ2n) is 6.73. The summed E-state index contributed by atoms with van der Waals surface area (Å²) in [5.41, 5.74) is -0.391. The van der Waals surface area contributed by atoms with E-state index in [9.17, 15) is 14.4 Å². The van der Waals surface area contributed by atoms with Crippen molar-refractivity contribution in [2.45, 2.75) is 25.8 Å². The van der Waals surface area contributed by atoms with Crippen LogP contribution in [-0.2, 0) is 4.79 Å². The van der Waals surface area contributed by atoms with Crippen molar-refractivity contribution in [3.05, 3.63) is 27.9 Å². The second kappa shape index (κ2) is 6.35. The van der Waals surface area contributed by atoms with E-state index in [1.807, 2.05) is 13.8 Å². The SMILES string of the molecule is CC(C)c1ncc(C(=O)N2CCN3CCN(C)C(=O)[C@H]3C2)c(=O)[nH]1. The van der Waals surface area contributed by atoms with Crippen LogP contribution in [0.3, 0.4) is 0 Å². The fourth-order valence-electron chi connectivity index (χ4n) is 3.17. The zero-order valence-corrected chi connectivity index (χ0v) is 14.3. The van der Waals surface area contributed by atoms with E-state index in [0.29, 0.717) is 32.0 Å². The fraction of sp³-hybridized carbons (Fsp3) is 0.625. The fourth-order valence-corrected chi connectivity index (χ4v) is 3.17. The number of H-pyrrole nitrogens is 1. The monoisotopic (exact) mass is 333 g/mol. The van der Waals surface area contributed by atoms with Crippen molar-refractivity contribution < 1.29 is 9.59 Å². The molecule has 0 bridgehead atoms. The van der Waals surface area contributed by atoms with E-state index in [-0.39, 0.29) is 29.3 Å². The van der Waals surface area contributed by atoms with Gasteiger partial charge >= 0.3 is 0 Å². The van der Waals surface area contributed by atoms with E-state index in [1.165, 1.54) is 6.20 Å². The van der Waals surface area contributed by atoms with Crippen LogP contribution in [0.2, 0.25) is 0 Å². The van der Waals surface area contributed by atoms with Crippen LogP contribution in [0.4, 0.5) is 0 Å². The van der Waals surface area contributed by atoms with Crippen molar-refractivity contribution in [1.82, 2.24) is 24.7 Å². The molecule has 1 aromatic heterocycles. The maximum absolute atomic E-state index is 12.7. The van der Waals surface area contributed by atoms with Crippen LogP contribution < -0.4 is 5.56 Å². The third-order valence-electron chi connectivity index (χ3n) is 4.76. The van der Waals surface area contributed by atoms with Crippen molar-refractivity contribution in [3.8, 4) is 0 Å². The number of fused-ring (bicyclic) bond motifs is 1. The van der Waals surface area contributed by atoms with Gasteiger partial charge in [-0.3, -0.25) is 19.3 Å². The minimum atomic E-state index is -0.423.